The SMILES string of the molecule is CCOc1cccc(NC(=O)N(CCO)Cc2ccccc2OC)c1. The van der Waals surface area contributed by atoms with Crippen molar-refractivity contribution in [2.45, 2.75) is 13.5 Å². The molecule has 0 aliphatic carbocycles. The summed E-state index contributed by atoms with van der Waals surface area (Å²) in [5.74, 6) is 1.40. The van der Waals surface area contributed by atoms with E-state index in [1.807, 2.05) is 43.3 Å². The molecule has 0 saturated carbocycles. The fourth-order valence-electron chi connectivity index (χ4n) is 2.45. The van der Waals surface area contributed by atoms with Gasteiger partial charge in [0.15, 0.2) is 0 Å². The molecule has 2 rings (SSSR count). The molecular weight excluding hydrogens is 320 g/mol. The van der Waals surface area contributed by atoms with Gasteiger partial charge >= 0.3 is 6.03 Å². The van der Waals surface area contributed by atoms with Crippen molar-refractivity contribution < 1.29 is 19.4 Å². The van der Waals surface area contributed by atoms with Gasteiger partial charge in [0, 0.05) is 23.9 Å². The Labute approximate surface area is 148 Å². The number of carbonyl (C=O) groups is 1. The molecule has 0 aliphatic heterocycles. The maximum Gasteiger partial charge on any atom is 0.322 e. The Balaban J connectivity index is 2.11. The lowest BCUT2D eigenvalue weighted by molar-refractivity contribution is 0.184. The lowest BCUT2D eigenvalue weighted by Gasteiger charge is -2.23. The lowest BCUT2D eigenvalue weighted by Crippen LogP contribution is -2.36. The predicted octanol–water partition coefficient (Wildman–Crippen LogP) is 3.12. The van der Waals surface area contributed by atoms with Gasteiger partial charge in [-0.25, -0.2) is 4.79 Å². The summed E-state index contributed by atoms with van der Waals surface area (Å²) in [5.41, 5.74) is 1.51. The van der Waals surface area contributed by atoms with Crippen LogP contribution >= 0.6 is 0 Å². The summed E-state index contributed by atoms with van der Waals surface area (Å²) in [6.45, 7) is 2.89. The summed E-state index contributed by atoms with van der Waals surface area (Å²) in [4.78, 5) is 14.1. The predicted molar refractivity (Wildman–Crippen MR) is 97.1 cm³/mol. The number of aliphatic hydroxyl groups is 1. The number of anilines is 1. The molecule has 0 aromatic heterocycles. The van der Waals surface area contributed by atoms with Gasteiger partial charge in [0.25, 0.3) is 0 Å². The zero-order chi connectivity index (χ0) is 18.1. The van der Waals surface area contributed by atoms with E-state index in [2.05, 4.69) is 5.32 Å². The van der Waals surface area contributed by atoms with Crippen LogP contribution in [-0.2, 0) is 6.54 Å². The van der Waals surface area contributed by atoms with Gasteiger partial charge < -0.3 is 24.8 Å². The van der Waals surface area contributed by atoms with Gasteiger partial charge in [-0.05, 0) is 25.1 Å². The molecule has 6 heteroatoms. The smallest absolute Gasteiger partial charge is 0.322 e. The summed E-state index contributed by atoms with van der Waals surface area (Å²) in [7, 11) is 1.59. The first-order valence-electron chi connectivity index (χ1n) is 8.19. The molecule has 0 aliphatic rings. The highest BCUT2D eigenvalue weighted by Crippen LogP contribution is 2.21. The van der Waals surface area contributed by atoms with E-state index in [0.717, 1.165) is 5.56 Å². The van der Waals surface area contributed by atoms with E-state index >= 15 is 0 Å². The number of nitrogens with one attached hydrogen (secondary N) is 1. The summed E-state index contributed by atoms with van der Waals surface area (Å²) >= 11 is 0. The average molecular weight is 344 g/mol. The first-order valence-corrected chi connectivity index (χ1v) is 8.19. The van der Waals surface area contributed by atoms with E-state index in [4.69, 9.17) is 9.47 Å². The highest BCUT2D eigenvalue weighted by atomic mass is 16.5. The second-order valence-electron chi connectivity index (χ2n) is 5.35. The number of rotatable bonds is 8. The summed E-state index contributed by atoms with van der Waals surface area (Å²) in [6, 6.07) is 14.4. The first-order chi connectivity index (χ1) is 12.2. The molecule has 0 radical (unpaired) electrons. The molecule has 0 atom stereocenters. The van der Waals surface area contributed by atoms with Crippen molar-refractivity contribution in [2.24, 2.45) is 0 Å². The molecular formula is C19H24N2O4. The van der Waals surface area contributed by atoms with E-state index in [1.165, 1.54) is 4.90 Å². The van der Waals surface area contributed by atoms with Crippen molar-refractivity contribution in [1.82, 2.24) is 4.90 Å². The standard InChI is InChI=1S/C19H24N2O4/c1-3-25-17-9-6-8-16(13-17)20-19(23)21(11-12-22)14-15-7-4-5-10-18(15)24-2/h4-10,13,22H,3,11-12,14H2,1-2H3,(H,20,23). The maximum atomic E-state index is 12.6. The van der Waals surface area contributed by atoms with E-state index in [1.54, 1.807) is 19.2 Å². The molecule has 6 nitrogen and oxygen atoms in total. The van der Waals surface area contributed by atoms with Gasteiger partial charge in [0.2, 0.25) is 0 Å². The number of nitrogens with zero attached hydrogens (tertiary/aromatic N) is 1. The topological polar surface area (TPSA) is 71.0 Å². The summed E-state index contributed by atoms with van der Waals surface area (Å²) < 4.78 is 10.8. The van der Waals surface area contributed by atoms with Crippen LogP contribution in [0.25, 0.3) is 0 Å². The van der Waals surface area contributed by atoms with Gasteiger partial charge in [-0.2, -0.15) is 0 Å². The Morgan fingerprint density at radius 1 is 1.20 bits per heavy atom. The number of benzene rings is 2. The number of hydrogen-bond acceptors (Lipinski definition) is 4. The van der Waals surface area contributed by atoms with E-state index in [9.17, 15) is 9.90 Å². The monoisotopic (exact) mass is 344 g/mol. The van der Waals surface area contributed by atoms with E-state index < -0.39 is 0 Å². The Morgan fingerprint density at radius 2 is 2.00 bits per heavy atom. The van der Waals surface area contributed by atoms with Gasteiger partial charge in [-0.3, -0.25) is 0 Å². The Bertz CT molecular complexity index is 691. The quantitative estimate of drug-likeness (QED) is 0.772. The number of para-hydroxylation sites is 1. The molecule has 2 aromatic carbocycles. The minimum absolute atomic E-state index is 0.123. The molecule has 0 fully saturated rings. The van der Waals surface area contributed by atoms with Crippen LogP contribution in [-0.4, -0.2) is 42.9 Å². The third-order valence-corrected chi connectivity index (χ3v) is 3.61. The highest BCUT2D eigenvalue weighted by molar-refractivity contribution is 5.89. The molecule has 2 amide bonds. The Morgan fingerprint density at radius 3 is 2.72 bits per heavy atom. The highest BCUT2D eigenvalue weighted by Gasteiger charge is 2.16. The number of carbonyl (C=O) groups excluding carboxylic acids is 1. The Kier molecular flexibility index (Phi) is 7.10. The van der Waals surface area contributed by atoms with Crippen LogP contribution in [0.4, 0.5) is 10.5 Å². The number of aliphatic hydroxyl groups excluding tert-OH is 1. The van der Waals surface area contributed by atoms with Crippen molar-refractivity contribution in [1.29, 1.82) is 0 Å². The van der Waals surface area contributed by atoms with Crippen LogP contribution in [0.1, 0.15) is 12.5 Å². The molecule has 2 N–H and O–H groups in total. The molecule has 0 spiro atoms. The van der Waals surface area contributed by atoms with Gasteiger partial charge in [-0.1, -0.05) is 24.3 Å². The third kappa shape index (κ3) is 5.39. The van der Waals surface area contributed by atoms with Crippen LogP contribution in [0.3, 0.4) is 0 Å². The number of urea groups is 1. The van der Waals surface area contributed by atoms with Crippen molar-refractivity contribution in [3.8, 4) is 11.5 Å². The van der Waals surface area contributed by atoms with Crippen molar-refractivity contribution >= 4 is 11.7 Å². The zero-order valence-corrected chi connectivity index (χ0v) is 14.6. The second kappa shape index (κ2) is 9.54. The van der Waals surface area contributed by atoms with Gasteiger partial charge in [0.05, 0.1) is 26.9 Å². The van der Waals surface area contributed by atoms with E-state index in [-0.39, 0.29) is 19.2 Å². The van der Waals surface area contributed by atoms with Crippen molar-refractivity contribution in [3.63, 3.8) is 0 Å². The zero-order valence-electron chi connectivity index (χ0n) is 14.6. The van der Waals surface area contributed by atoms with Crippen LogP contribution in [0.2, 0.25) is 0 Å². The van der Waals surface area contributed by atoms with Crippen LogP contribution in [0.15, 0.2) is 48.5 Å². The normalized spacial score (nSPS) is 10.2. The van der Waals surface area contributed by atoms with Crippen molar-refractivity contribution in [2.75, 3.05) is 32.2 Å². The summed E-state index contributed by atoms with van der Waals surface area (Å²) in [6.07, 6.45) is 0. The molecule has 25 heavy (non-hydrogen) atoms. The molecule has 2 aromatic rings. The summed E-state index contributed by atoms with van der Waals surface area (Å²) in [5, 5.41) is 12.1. The van der Waals surface area contributed by atoms with Gasteiger partial charge in [0.1, 0.15) is 11.5 Å². The van der Waals surface area contributed by atoms with Crippen LogP contribution in [0.5, 0.6) is 11.5 Å². The minimum Gasteiger partial charge on any atom is -0.496 e. The third-order valence-electron chi connectivity index (χ3n) is 3.61. The van der Waals surface area contributed by atoms with Crippen molar-refractivity contribution in [3.05, 3.63) is 54.1 Å². The average Bonchev–Trinajstić information content (AvgIpc) is 2.62. The second-order valence-corrected chi connectivity index (χ2v) is 5.35. The fraction of sp³-hybridized carbons (Fsp3) is 0.316. The molecule has 0 heterocycles. The molecule has 0 saturated heterocycles. The Hall–Kier alpha value is -2.73. The van der Waals surface area contributed by atoms with Gasteiger partial charge in [-0.15, -0.1) is 0 Å². The number of methoxy groups -OCH3 is 1. The number of amides is 2. The molecule has 0 bridgehead atoms. The molecule has 134 valence electrons. The minimum atomic E-state index is -0.298. The first kappa shape index (κ1) is 18.6. The van der Waals surface area contributed by atoms with Crippen LogP contribution < -0.4 is 14.8 Å². The van der Waals surface area contributed by atoms with Crippen LogP contribution in [0, 0.1) is 0 Å². The fourth-order valence-corrected chi connectivity index (χ4v) is 2.45. The maximum absolute atomic E-state index is 12.6. The number of ether oxygens (including phenoxy) is 2. The molecule has 0 unspecified atom stereocenters. The largest absolute Gasteiger partial charge is 0.496 e. The van der Waals surface area contributed by atoms with E-state index in [0.29, 0.717) is 30.3 Å². The number of hydrogen-bond donors (Lipinski definition) is 2. The lowest BCUT2D eigenvalue weighted by atomic mass is 10.2.